The van der Waals surface area contributed by atoms with Crippen LogP contribution >= 0.6 is 11.3 Å². The molecule has 3 aromatic rings. The molecule has 7 heteroatoms. The Labute approximate surface area is 141 Å². The van der Waals surface area contributed by atoms with Crippen LogP contribution in [0.15, 0.2) is 46.3 Å². The van der Waals surface area contributed by atoms with E-state index in [1.165, 1.54) is 11.0 Å². The van der Waals surface area contributed by atoms with Crippen LogP contribution in [-0.4, -0.2) is 22.6 Å². The number of carbonyl (C=O) groups is 1. The number of aromatic nitrogens is 2. The summed E-state index contributed by atoms with van der Waals surface area (Å²) in [5.41, 5.74) is 0.298. The standard InChI is InChI=1S/C17H14FN3O2S/c18-13-5-1-2-6-14(13)21-10-11(8-16(21)22)17-19-15(23-20-17)9-12-4-3-7-24-12/h1-7,11H,8-10H2. The van der Waals surface area contributed by atoms with Gasteiger partial charge >= 0.3 is 0 Å². The molecule has 1 aliphatic heterocycles. The molecule has 3 heterocycles. The highest BCUT2D eigenvalue weighted by atomic mass is 32.1. The maximum absolute atomic E-state index is 13.9. The van der Waals surface area contributed by atoms with Gasteiger partial charge in [-0.05, 0) is 23.6 Å². The summed E-state index contributed by atoms with van der Waals surface area (Å²) in [6, 6.07) is 10.3. The summed E-state index contributed by atoms with van der Waals surface area (Å²) in [5.74, 6) is 0.323. The highest BCUT2D eigenvalue weighted by Crippen LogP contribution is 2.31. The zero-order valence-corrected chi connectivity index (χ0v) is 13.5. The highest BCUT2D eigenvalue weighted by Gasteiger charge is 2.35. The van der Waals surface area contributed by atoms with Gasteiger partial charge in [-0.15, -0.1) is 11.3 Å². The van der Waals surface area contributed by atoms with E-state index < -0.39 is 5.82 Å². The Morgan fingerprint density at radius 3 is 2.96 bits per heavy atom. The molecule has 122 valence electrons. The minimum absolute atomic E-state index is 0.130. The van der Waals surface area contributed by atoms with Gasteiger partial charge in [-0.3, -0.25) is 4.79 Å². The number of thiophene rings is 1. The predicted molar refractivity (Wildman–Crippen MR) is 87.5 cm³/mol. The lowest BCUT2D eigenvalue weighted by Gasteiger charge is -2.16. The summed E-state index contributed by atoms with van der Waals surface area (Å²) < 4.78 is 19.2. The summed E-state index contributed by atoms with van der Waals surface area (Å²) >= 11 is 1.63. The van der Waals surface area contributed by atoms with Gasteiger partial charge in [0.2, 0.25) is 11.8 Å². The number of benzene rings is 1. The summed E-state index contributed by atoms with van der Waals surface area (Å²) in [5, 5.41) is 6.00. The van der Waals surface area contributed by atoms with Crippen LogP contribution in [0.3, 0.4) is 0 Å². The molecule has 0 saturated carbocycles. The lowest BCUT2D eigenvalue weighted by molar-refractivity contribution is -0.117. The molecule has 0 radical (unpaired) electrons. The summed E-state index contributed by atoms with van der Waals surface area (Å²) in [4.78, 5) is 19.3. The van der Waals surface area contributed by atoms with Gasteiger partial charge in [0.05, 0.1) is 12.1 Å². The molecule has 1 saturated heterocycles. The number of anilines is 1. The number of para-hydroxylation sites is 1. The van der Waals surface area contributed by atoms with Crippen LogP contribution in [0.5, 0.6) is 0 Å². The molecule has 0 N–H and O–H groups in total. The van der Waals surface area contributed by atoms with Gasteiger partial charge in [-0.25, -0.2) is 4.39 Å². The van der Waals surface area contributed by atoms with Crippen LogP contribution < -0.4 is 4.90 Å². The average molecular weight is 343 g/mol. The summed E-state index contributed by atoms with van der Waals surface area (Å²) in [6.45, 7) is 0.359. The van der Waals surface area contributed by atoms with Crippen molar-refractivity contribution in [3.63, 3.8) is 0 Å². The summed E-state index contributed by atoms with van der Waals surface area (Å²) in [6.07, 6.45) is 0.842. The number of hydrogen-bond acceptors (Lipinski definition) is 5. The molecule has 1 fully saturated rings. The normalized spacial score (nSPS) is 17.6. The molecule has 1 unspecified atom stereocenters. The van der Waals surface area contributed by atoms with Crippen molar-refractivity contribution >= 4 is 22.9 Å². The third-order valence-corrected chi connectivity index (χ3v) is 4.90. The van der Waals surface area contributed by atoms with Gasteiger partial charge in [-0.2, -0.15) is 4.98 Å². The van der Waals surface area contributed by atoms with Crippen molar-refractivity contribution in [2.45, 2.75) is 18.8 Å². The third kappa shape index (κ3) is 2.82. The Morgan fingerprint density at radius 2 is 2.17 bits per heavy atom. The Kier molecular flexibility index (Phi) is 3.86. The summed E-state index contributed by atoms with van der Waals surface area (Å²) in [7, 11) is 0. The number of halogens is 1. The number of carbonyl (C=O) groups excluding carboxylic acids is 1. The van der Waals surface area contributed by atoms with Gasteiger partial charge in [0.1, 0.15) is 5.82 Å². The number of nitrogens with zero attached hydrogens (tertiary/aromatic N) is 3. The first kappa shape index (κ1) is 15.0. The Balaban J connectivity index is 1.51. The second kappa shape index (κ2) is 6.16. The first-order chi connectivity index (χ1) is 11.7. The zero-order valence-electron chi connectivity index (χ0n) is 12.7. The van der Waals surface area contributed by atoms with Gasteiger partial charge < -0.3 is 9.42 Å². The van der Waals surface area contributed by atoms with Crippen molar-refractivity contribution in [1.29, 1.82) is 0 Å². The van der Waals surface area contributed by atoms with Crippen LogP contribution in [0.1, 0.15) is 28.9 Å². The zero-order chi connectivity index (χ0) is 16.5. The van der Waals surface area contributed by atoms with Gasteiger partial charge in [0.25, 0.3) is 0 Å². The Hall–Kier alpha value is -2.54. The van der Waals surface area contributed by atoms with Gasteiger partial charge in [0.15, 0.2) is 5.82 Å². The topological polar surface area (TPSA) is 59.2 Å². The van der Waals surface area contributed by atoms with Gasteiger partial charge in [0, 0.05) is 23.8 Å². The van der Waals surface area contributed by atoms with Crippen molar-refractivity contribution in [1.82, 2.24) is 10.1 Å². The van der Waals surface area contributed by atoms with Crippen molar-refractivity contribution in [2.24, 2.45) is 0 Å². The molecule has 1 amide bonds. The largest absolute Gasteiger partial charge is 0.339 e. The van der Waals surface area contributed by atoms with Crippen LogP contribution in [-0.2, 0) is 11.2 Å². The fourth-order valence-corrected chi connectivity index (χ4v) is 3.55. The van der Waals surface area contributed by atoms with E-state index >= 15 is 0 Å². The quantitative estimate of drug-likeness (QED) is 0.729. The van der Waals surface area contributed by atoms with E-state index in [4.69, 9.17) is 4.52 Å². The SMILES string of the molecule is O=C1CC(c2noc(Cc3cccs3)n2)CN1c1ccccc1F. The van der Waals surface area contributed by atoms with Crippen molar-refractivity contribution in [3.05, 3.63) is 64.2 Å². The van der Waals surface area contributed by atoms with E-state index in [0.717, 1.165) is 4.88 Å². The maximum atomic E-state index is 13.9. The van der Waals surface area contributed by atoms with Crippen molar-refractivity contribution in [3.8, 4) is 0 Å². The molecule has 5 nitrogen and oxygen atoms in total. The molecule has 2 aromatic heterocycles. The number of rotatable bonds is 4. The van der Waals surface area contributed by atoms with Crippen molar-refractivity contribution < 1.29 is 13.7 Å². The highest BCUT2D eigenvalue weighted by molar-refractivity contribution is 7.09. The smallest absolute Gasteiger partial charge is 0.231 e. The minimum atomic E-state index is -0.405. The molecular formula is C17H14FN3O2S. The average Bonchev–Trinajstić information content (AvgIpc) is 3.30. The van der Waals surface area contributed by atoms with E-state index in [0.29, 0.717) is 30.4 Å². The molecule has 0 aliphatic carbocycles. The fourth-order valence-electron chi connectivity index (χ4n) is 2.85. The molecule has 0 bridgehead atoms. The molecule has 4 rings (SSSR count). The lowest BCUT2D eigenvalue weighted by atomic mass is 10.1. The lowest BCUT2D eigenvalue weighted by Crippen LogP contribution is -2.25. The molecule has 0 spiro atoms. The minimum Gasteiger partial charge on any atom is -0.339 e. The van der Waals surface area contributed by atoms with Gasteiger partial charge in [-0.1, -0.05) is 23.4 Å². The molecular weight excluding hydrogens is 329 g/mol. The second-order valence-electron chi connectivity index (χ2n) is 5.66. The monoisotopic (exact) mass is 343 g/mol. The molecule has 1 aliphatic rings. The van der Waals surface area contributed by atoms with E-state index in [1.807, 2.05) is 17.5 Å². The van der Waals surface area contributed by atoms with E-state index in [2.05, 4.69) is 10.1 Å². The maximum Gasteiger partial charge on any atom is 0.231 e. The molecule has 1 atom stereocenters. The van der Waals surface area contributed by atoms with Crippen LogP contribution in [0.25, 0.3) is 0 Å². The van der Waals surface area contributed by atoms with E-state index in [9.17, 15) is 9.18 Å². The number of hydrogen-bond donors (Lipinski definition) is 0. The molecule has 1 aromatic carbocycles. The fraction of sp³-hybridized carbons (Fsp3) is 0.235. The third-order valence-electron chi connectivity index (χ3n) is 4.02. The Bertz CT molecular complexity index is 862. The Morgan fingerprint density at radius 1 is 1.29 bits per heavy atom. The van der Waals surface area contributed by atoms with Crippen LogP contribution in [0, 0.1) is 5.82 Å². The molecule has 24 heavy (non-hydrogen) atoms. The first-order valence-corrected chi connectivity index (χ1v) is 8.48. The van der Waals surface area contributed by atoms with E-state index in [-0.39, 0.29) is 18.2 Å². The first-order valence-electron chi connectivity index (χ1n) is 7.60. The second-order valence-corrected chi connectivity index (χ2v) is 6.69. The van der Waals surface area contributed by atoms with Crippen LogP contribution in [0.2, 0.25) is 0 Å². The number of amides is 1. The van der Waals surface area contributed by atoms with E-state index in [1.54, 1.807) is 29.5 Å². The predicted octanol–water partition coefficient (Wildman–Crippen LogP) is 3.38. The van der Waals surface area contributed by atoms with Crippen molar-refractivity contribution in [2.75, 3.05) is 11.4 Å². The van der Waals surface area contributed by atoms with Crippen LogP contribution in [0.4, 0.5) is 10.1 Å².